The fourth-order valence-electron chi connectivity index (χ4n) is 7.94. The number of piperazine rings is 2. The lowest BCUT2D eigenvalue weighted by molar-refractivity contribution is -0.144. The maximum Gasteiger partial charge on any atom is 0.251 e. The summed E-state index contributed by atoms with van der Waals surface area (Å²) in [7, 11) is 0. The van der Waals surface area contributed by atoms with Crippen LogP contribution in [0.15, 0.2) is 121 Å². The van der Waals surface area contributed by atoms with E-state index < -0.39 is 12.1 Å². The predicted molar refractivity (Wildman–Crippen MR) is 189 cm³/mol. The van der Waals surface area contributed by atoms with E-state index in [4.69, 9.17) is 0 Å². The Morgan fingerprint density at radius 3 is 1.48 bits per heavy atom. The Labute approximate surface area is 281 Å². The van der Waals surface area contributed by atoms with E-state index in [0.29, 0.717) is 13.0 Å². The second kappa shape index (κ2) is 12.3. The van der Waals surface area contributed by atoms with Crippen molar-refractivity contribution >= 4 is 41.2 Å². The van der Waals surface area contributed by atoms with Crippen molar-refractivity contribution in [2.24, 2.45) is 0 Å². The summed E-state index contributed by atoms with van der Waals surface area (Å²) < 4.78 is 0. The van der Waals surface area contributed by atoms with E-state index in [-0.39, 0.29) is 29.8 Å². The quantitative estimate of drug-likeness (QED) is 0.214. The summed E-state index contributed by atoms with van der Waals surface area (Å²) in [4.78, 5) is 48.8. The van der Waals surface area contributed by atoms with Crippen LogP contribution in [0.1, 0.15) is 60.0 Å². The van der Waals surface area contributed by atoms with Gasteiger partial charge < -0.3 is 9.80 Å². The van der Waals surface area contributed by atoms with Gasteiger partial charge in [0.25, 0.3) is 17.7 Å². The van der Waals surface area contributed by atoms with Gasteiger partial charge in [-0.3, -0.25) is 24.2 Å². The molecule has 0 aliphatic carbocycles. The van der Waals surface area contributed by atoms with Gasteiger partial charge in [-0.2, -0.15) is 0 Å². The van der Waals surface area contributed by atoms with Crippen LogP contribution in [-0.4, -0.2) is 52.7 Å². The number of anilines is 2. The summed E-state index contributed by atoms with van der Waals surface area (Å²) in [5.74, 6) is 0.0957. The third-order valence-corrected chi connectivity index (χ3v) is 10.3. The Bertz CT molecular complexity index is 1750. The average Bonchev–Trinajstić information content (AvgIpc) is 3.84. The van der Waals surface area contributed by atoms with E-state index in [0.717, 1.165) is 65.1 Å². The highest BCUT2D eigenvalue weighted by atomic mass is 16.2. The molecule has 4 aliphatic heterocycles. The van der Waals surface area contributed by atoms with Crippen LogP contribution in [0.4, 0.5) is 11.4 Å². The molecule has 0 N–H and O–H groups in total. The van der Waals surface area contributed by atoms with Gasteiger partial charge in [0, 0.05) is 30.2 Å². The molecule has 8 rings (SSSR count). The molecule has 4 saturated heterocycles. The van der Waals surface area contributed by atoms with Crippen molar-refractivity contribution in [1.82, 2.24) is 9.80 Å². The maximum atomic E-state index is 13.9. The summed E-state index contributed by atoms with van der Waals surface area (Å²) in [6.07, 6.45) is 7.47. The highest BCUT2D eigenvalue weighted by Crippen LogP contribution is 2.43. The fourth-order valence-corrected chi connectivity index (χ4v) is 7.94. The Hall–Kier alpha value is -5.43. The molecule has 4 aromatic rings. The molecule has 48 heavy (non-hydrogen) atoms. The van der Waals surface area contributed by atoms with Crippen molar-refractivity contribution in [2.45, 2.75) is 49.9 Å². The summed E-state index contributed by atoms with van der Waals surface area (Å²) in [6.45, 7) is 5.97. The molecule has 7 heteroatoms. The first-order chi connectivity index (χ1) is 23.5. The first kappa shape index (κ1) is 29.9. The second-order valence-electron chi connectivity index (χ2n) is 13.1. The third-order valence-electron chi connectivity index (χ3n) is 10.3. The number of rotatable bonds is 6. The molecule has 4 aliphatic rings. The van der Waals surface area contributed by atoms with Crippen LogP contribution < -0.4 is 9.80 Å². The minimum atomic E-state index is -0.671. The van der Waals surface area contributed by atoms with Crippen molar-refractivity contribution in [3.05, 3.63) is 144 Å². The molecule has 3 amide bonds. The normalized spacial score (nSPS) is 24.1. The minimum Gasteiger partial charge on any atom is -0.361 e. The number of benzene rings is 4. The summed E-state index contributed by atoms with van der Waals surface area (Å²) in [5.41, 5.74) is 6.41. The van der Waals surface area contributed by atoms with E-state index in [2.05, 4.69) is 23.6 Å². The maximum absolute atomic E-state index is 13.9. The molecular formula is C41H38N4O3. The van der Waals surface area contributed by atoms with Gasteiger partial charge in [-0.1, -0.05) is 104 Å². The third kappa shape index (κ3) is 5.10. The van der Waals surface area contributed by atoms with Gasteiger partial charge in [-0.25, -0.2) is 0 Å². The zero-order valence-electron chi connectivity index (χ0n) is 26.8. The molecule has 2 unspecified atom stereocenters. The highest BCUT2D eigenvalue weighted by molar-refractivity contribution is 6.09. The number of nitrogens with zero attached hydrogens (tertiary/aromatic N) is 4. The summed E-state index contributed by atoms with van der Waals surface area (Å²) in [6, 6.07) is 34.2. The minimum absolute atomic E-state index is 0.0121. The van der Waals surface area contributed by atoms with Gasteiger partial charge in [0.05, 0.1) is 0 Å². The van der Waals surface area contributed by atoms with Gasteiger partial charge in [0.2, 0.25) is 0 Å². The number of carbonyl (C=O) groups excluding carboxylic acids is 3. The zero-order valence-corrected chi connectivity index (χ0v) is 26.8. The first-order valence-electron chi connectivity index (χ1n) is 16.9. The number of fused-ring (bicyclic) bond motifs is 2. The number of hydrogen-bond donors (Lipinski definition) is 0. The Kier molecular flexibility index (Phi) is 7.67. The van der Waals surface area contributed by atoms with E-state index in [9.17, 15) is 14.4 Å². The van der Waals surface area contributed by atoms with Gasteiger partial charge in [-0.05, 0) is 72.2 Å². The van der Waals surface area contributed by atoms with Crippen LogP contribution in [0.5, 0.6) is 0 Å². The monoisotopic (exact) mass is 634 g/mol. The molecule has 4 aromatic carbocycles. The molecule has 0 saturated carbocycles. The second-order valence-corrected chi connectivity index (χ2v) is 13.1. The fraction of sp³-hybridized carbons (Fsp3) is 0.244. The molecule has 4 fully saturated rings. The lowest BCUT2D eigenvalue weighted by atomic mass is 9.95. The Balaban J connectivity index is 1.03. The van der Waals surface area contributed by atoms with Crippen molar-refractivity contribution in [3.8, 4) is 0 Å². The van der Waals surface area contributed by atoms with Crippen LogP contribution in [0, 0.1) is 0 Å². The van der Waals surface area contributed by atoms with Crippen molar-refractivity contribution in [3.63, 3.8) is 0 Å². The van der Waals surface area contributed by atoms with E-state index in [1.54, 1.807) is 9.80 Å². The van der Waals surface area contributed by atoms with Gasteiger partial charge in [0.15, 0.2) is 0 Å². The number of amides is 3. The van der Waals surface area contributed by atoms with Gasteiger partial charge in [0.1, 0.15) is 24.2 Å². The van der Waals surface area contributed by atoms with Crippen LogP contribution in [0.25, 0.3) is 12.2 Å². The van der Waals surface area contributed by atoms with E-state index >= 15 is 0 Å². The SMILES string of the molecule is C=C1C(c2ccccc2)N(c2ccc(/C=C/c3ccc(N4C(=O)[C@@H]5CCCN5C(=O)C4c4ccccc4)cc3)cc2)C(=O)[C@@H]2CCCN12. The number of carbonyl (C=O) groups is 3. The largest absolute Gasteiger partial charge is 0.361 e. The molecule has 0 spiro atoms. The molecule has 4 atom stereocenters. The van der Waals surface area contributed by atoms with Crippen LogP contribution in [0.2, 0.25) is 0 Å². The zero-order chi connectivity index (χ0) is 32.8. The van der Waals surface area contributed by atoms with Gasteiger partial charge >= 0.3 is 0 Å². The Morgan fingerprint density at radius 1 is 0.521 bits per heavy atom. The van der Waals surface area contributed by atoms with Crippen molar-refractivity contribution < 1.29 is 14.4 Å². The van der Waals surface area contributed by atoms with Crippen LogP contribution in [-0.2, 0) is 14.4 Å². The standard InChI is InChI=1S/C41H38N4O3/c1-28-37(31-10-4-2-5-11-31)44(39(46)35-14-8-26-42(28)35)33-22-18-29(19-23-33)16-17-30-20-24-34(25-21-30)45-38(32-12-6-3-7-13-32)41(48)43-27-9-15-36(43)40(45)47/h2-7,10-13,16-25,35-38H,1,8-9,14-15,26-27H2/b17-16+/t35-,36-,37?,38?/m0/s1. The molecule has 4 heterocycles. The first-order valence-corrected chi connectivity index (χ1v) is 16.9. The predicted octanol–water partition coefficient (Wildman–Crippen LogP) is 7.00. The molecule has 0 radical (unpaired) electrons. The van der Waals surface area contributed by atoms with E-state index in [1.807, 2.05) is 114 Å². The van der Waals surface area contributed by atoms with Crippen LogP contribution >= 0.6 is 0 Å². The molecule has 0 bridgehead atoms. The van der Waals surface area contributed by atoms with Crippen molar-refractivity contribution in [2.75, 3.05) is 22.9 Å². The molecule has 7 nitrogen and oxygen atoms in total. The number of hydrogen-bond acceptors (Lipinski definition) is 4. The Morgan fingerprint density at radius 2 is 0.958 bits per heavy atom. The smallest absolute Gasteiger partial charge is 0.251 e. The van der Waals surface area contributed by atoms with E-state index in [1.165, 1.54) is 0 Å². The highest BCUT2D eigenvalue weighted by Gasteiger charge is 2.49. The molecular weight excluding hydrogens is 596 g/mol. The average molecular weight is 635 g/mol. The van der Waals surface area contributed by atoms with Gasteiger partial charge in [-0.15, -0.1) is 0 Å². The topological polar surface area (TPSA) is 64.2 Å². The summed E-state index contributed by atoms with van der Waals surface area (Å²) in [5, 5.41) is 0. The van der Waals surface area contributed by atoms with Crippen LogP contribution in [0.3, 0.4) is 0 Å². The lowest BCUT2D eigenvalue weighted by Gasteiger charge is -2.45. The van der Waals surface area contributed by atoms with Crippen molar-refractivity contribution in [1.29, 1.82) is 0 Å². The lowest BCUT2D eigenvalue weighted by Crippen LogP contribution is -2.59. The summed E-state index contributed by atoms with van der Waals surface area (Å²) >= 11 is 0. The molecule has 0 aromatic heterocycles. The molecule has 240 valence electrons.